The maximum atomic E-state index is 5.65. The van der Waals surface area contributed by atoms with Crippen LogP contribution < -0.4 is 14.9 Å². The first kappa shape index (κ1) is 17.3. The van der Waals surface area contributed by atoms with Crippen molar-refractivity contribution in [2.24, 2.45) is 0 Å². The second-order valence-electron chi connectivity index (χ2n) is 5.01. The van der Waals surface area contributed by atoms with Crippen LogP contribution in [0.15, 0.2) is 18.2 Å². The highest BCUT2D eigenvalue weighted by Crippen LogP contribution is 2.28. The van der Waals surface area contributed by atoms with Gasteiger partial charge in [-0.3, -0.25) is 5.10 Å². The molecule has 126 valence electrons. The van der Waals surface area contributed by atoms with Crippen molar-refractivity contribution in [3.05, 3.63) is 34.4 Å². The van der Waals surface area contributed by atoms with Crippen molar-refractivity contribution in [2.75, 3.05) is 18.6 Å². The van der Waals surface area contributed by atoms with E-state index in [0.717, 1.165) is 35.7 Å². The molecule has 23 heavy (non-hydrogen) atoms. The molecule has 0 atom stereocenters. The van der Waals surface area contributed by atoms with E-state index in [1.807, 2.05) is 36.7 Å². The highest BCUT2D eigenvalue weighted by atomic mass is 32.1. The Bertz CT molecular complexity index is 681. The van der Waals surface area contributed by atoms with Gasteiger partial charge in [0.25, 0.3) is 0 Å². The van der Waals surface area contributed by atoms with Gasteiger partial charge in [-0.15, -0.1) is 0 Å². The predicted octanol–water partition coefficient (Wildman–Crippen LogP) is 3.43. The molecule has 1 aromatic heterocycles. The first-order valence-corrected chi connectivity index (χ1v) is 8.39. The predicted molar refractivity (Wildman–Crippen MR) is 93.3 cm³/mol. The molecule has 0 saturated carbocycles. The number of H-pyrrole nitrogens is 1. The van der Waals surface area contributed by atoms with Crippen molar-refractivity contribution in [1.82, 2.24) is 14.9 Å². The van der Waals surface area contributed by atoms with Crippen LogP contribution in [0.5, 0.6) is 11.5 Å². The van der Waals surface area contributed by atoms with Crippen molar-refractivity contribution in [1.29, 1.82) is 0 Å². The van der Waals surface area contributed by atoms with Crippen LogP contribution in [0.4, 0.5) is 0 Å². The molecule has 2 rings (SSSR count). The molecule has 0 bridgehead atoms. The lowest BCUT2D eigenvalue weighted by molar-refractivity contribution is 0.287. The number of rotatable bonds is 9. The van der Waals surface area contributed by atoms with Crippen LogP contribution >= 0.6 is 12.2 Å². The lowest BCUT2D eigenvalue weighted by atomic mass is 10.2. The Hall–Kier alpha value is -2.02. The topological polar surface area (TPSA) is 64.1 Å². The van der Waals surface area contributed by atoms with Gasteiger partial charge < -0.3 is 14.9 Å². The molecule has 2 N–H and O–H groups in total. The number of aryl methyl sites for hydroxylation is 1. The molecular formula is C16H24N4O2S. The minimum absolute atomic E-state index is 0.574. The molecular weight excluding hydrogens is 312 g/mol. The van der Waals surface area contributed by atoms with Gasteiger partial charge in [0.05, 0.1) is 19.8 Å². The van der Waals surface area contributed by atoms with Crippen LogP contribution in [0, 0.1) is 4.77 Å². The van der Waals surface area contributed by atoms with E-state index in [4.69, 9.17) is 21.7 Å². The zero-order chi connectivity index (χ0) is 16.7. The summed E-state index contributed by atoms with van der Waals surface area (Å²) in [6, 6.07) is 5.95. The van der Waals surface area contributed by atoms with Crippen molar-refractivity contribution >= 4 is 12.2 Å². The third kappa shape index (κ3) is 4.48. The van der Waals surface area contributed by atoms with E-state index < -0.39 is 0 Å². The second-order valence-corrected chi connectivity index (χ2v) is 5.40. The van der Waals surface area contributed by atoms with E-state index >= 15 is 0 Å². The fraction of sp³-hybridized carbons (Fsp3) is 0.500. The number of benzene rings is 1. The average molecular weight is 336 g/mol. The quantitative estimate of drug-likeness (QED) is 0.687. The Balaban J connectivity index is 2.13. The van der Waals surface area contributed by atoms with Gasteiger partial charge in [-0.2, -0.15) is 5.10 Å². The standard InChI is InChI=1S/C16H24N4O2S/c1-4-7-15-18-19-16(23)20(15)17-11-12-8-9-13(21-5-2)14(10-12)22-6-3/h8-10,17H,4-7,11H2,1-3H3,(H,19,23). The first-order valence-electron chi connectivity index (χ1n) is 7.98. The molecule has 0 radical (unpaired) electrons. The number of nitrogens with one attached hydrogen (secondary N) is 2. The zero-order valence-electron chi connectivity index (χ0n) is 13.9. The minimum Gasteiger partial charge on any atom is -0.490 e. The molecule has 6 nitrogen and oxygen atoms in total. The van der Waals surface area contributed by atoms with Gasteiger partial charge in [0, 0.05) is 6.42 Å². The summed E-state index contributed by atoms with van der Waals surface area (Å²) in [4.78, 5) is 0. The molecule has 0 aliphatic carbocycles. The van der Waals surface area contributed by atoms with Crippen molar-refractivity contribution in [3.8, 4) is 11.5 Å². The van der Waals surface area contributed by atoms with E-state index in [0.29, 0.717) is 24.5 Å². The summed E-state index contributed by atoms with van der Waals surface area (Å²) < 4.78 is 13.6. The SMILES string of the molecule is CCCc1n[nH]c(=S)n1NCc1ccc(OCC)c(OCC)c1. The molecule has 0 aliphatic heterocycles. The molecule has 0 amide bonds. The Morgan fingerprint density at radius 1 is 1.17 bits per heavy atom. The van der Waals surface area contributed by atoms with Crippen LogP contribution in [0.1, 0.15) is 38.6 Å². The van der Waals surface area contributed by atoms with Crippen molar-refractivity contribution < 1.29 is 9.47 Å². The van der Waals surface area contributed by atoms with Crippen LogP contribution in [0.2, 0.25) is 0 Å². The maximum absolute atomic E-state index is 5.65. The normalized spacial score (nSPS) is 10.6. The third-order valence-corrected chi connectivity index (χ3v) is 3.54. The summed E-state index contributed by atoms with van der Waals surface area (Å²) in [5, 5.41) is 7.07. The van der Waals surface area contributed by atoms with Gasteiger partial charge in [0.1, 0.15) is 0 Å². The van der Waals surface area contributed by atoms with Crippen LogP contribution in [-0.2, 0) is 13.0 Å². The minimum atomic E-state index is 0.574. The Morgan fingerprint density at radius 2 is 1.91 bits per heavy atom. The molecule has 0 saturated heterocycles. The largest absolute Gasteiger partial charge is 0.490 e. The Morgan fingerprint density at radius 3 is 2.61 bits per heavy atom. The summed E-state index contributed by atoms with van der Waals surface area (Å²) in [6.45, 7) is 7.87. The lowest BCUT2D eigenvalue weighted by Crippen LogP contribution is -2.17. The zero-order valence-corrected chi connectivity index (χ0v) is 14.7. The van der Waals surface area contributed by atoms with Gasteiger partial charge in [0.15, 0.2) is 17.3 Å². The van der Waals surface area contributed by atoms with Gasteiger partial charge in [-0.1, -0.05) is 13.0 Å². The van der Waals surface area contributed by atoms with Crippen molar-refractivity contribution in [3.63, 3.8) is 0 Å². The number of aromatic nitrogens is 3. The number of nitrogens with zero attached hydrogens (tertiary/aromatic N) is 2. The maximum Gasteiger partial charge on any atom is 0.214 e. The fourth-order valence-electron chi connectivity index (χ4n) is 2.26. The van der Waals surface area contributed by atoms with Crippen LogP contribution in [0.25, 0.3) is 0 Å². The van der Waals surface area contributed by atoms with Gasteiger partial charge in [-0.05, 0) is 50.2 Å². The lowest BCUT2D eigenvalue weighted by Gasteiger charge is -2.14. The fourth-order valence-corrected chi connectivity index (χ4v) is 2.48. The van der Waals surface area contributed by atoms with E-state index in [1.54, 1.807) is 0 Å². The number of aromatic amines is 1. The summed E-state index contributed by atoms with van der Waals surface area (Å²) in [7, 11) is 0. The Kier molecular flexibility index (Phi) is 6.46. The molecule has 1 aromatic carbocycles. The second kappa shape index (κ2) is 8.57. The first-order chi connectivity index (χ1) is 11.2. The molecule has 0 fully saturated rings. The molecule has 7 heteroatoms. The van der Waals surface area contributed by atoms with E-state index in [9.17, 15) is 0 Å². The van der Waals surface area contributed by atoms with Crippen LogP contribution in [-0.4, -0.2) is 28.1 Å². The molecule has 1 heterocycles. The molecule has 0 aliphatic rings. The smallest absolute Gasteiger partial charge is 0.214 e. The van der Waals surface area contributed by atoms with E-state index in [2.05, 4.69) is 22.5 Å². The summed E-state index contributed by atoms with van der Waals surface area (Å²) in [5.74, 6) is 2.44. The summed E-state index contributed by atoms with van der Waals surface area (Å²) in [6.07, 6.45) is 1.88. The number of hydrogen-bond donors (Lipinski definition) is 2. The molecule has 0 spiro atoms. The highest BCUT2D eigenvalue weighted by molar-refractivity contribution is 7.71. The summed E-state index contributed by atoms with van der Waals surface area (Å²) in [5.41, 5.74) is 4.39. The monoisotopic (exact) mass is 336 g/mol. The summed E-state index contributed by atoms with van der Waals surface area (Å²) >= 11 is 5.26. The molecule has 2 aromatic rings. The van der Waals surface area contributed by atoms with Gasteiger partial charge in [-0.25, -0.2) is 4.68 Å². The van der Waals surface area contributed by atoms with Gasteiger partial charge in [0.2, 0.25) is 4.77 Å². The third-order valence-electron chi connectivity index (χ3n) is 3.26. The van der Waals surface area contributed by atoms with Gasteiger partial charge >= 0.3 is 0 Å². The van der Waals surface area contributed by atoms with E-state index in [1.165, 1.54) is 0 Å². The van der Waals surface area contributed by atoms with Crippen molar-refractivity contribution in [2.45, 2.75) is 40.2 Å². The number of ether oxygens (including phenoxy) is 2. The highest BCUT2D eigenvalue weighted by Gasteiger charge is 2.08. The molecule has 0 unspecified atom stereocenters. The Labute approximate surface area is 141 Å². The number of hydrogen-bond acceptors (Lipinski definition) is 5. The van der Waals surface area contributed by atoms with Crippen LogP contribution in [0.3, 0.4) is 0 Å². The average Bonchev–Trinajstić information content (AvgIpc) is 2.89. The van der Waals surface area contributed by atoms with E-state index in [-0.39, 0.29) is 0 Å².